The van der Waals surface area contributed by atoms with Crippen molar-refractivity contribution in [2.75, 3.05) is 17.2 Å². The van der Waals surface area contributed by atoms with Crippen LogP contribution >= 0.6 is 15.9 Å². The number of aromatic nitrogens is 3. The van der Waals surface area contributed by atoms with E-state index in [0.717, 1.165) is 11.9 Å². The molecule has 1 aromatic heterocycles. The van der Waals surface area contributed by atoms with Crippen LogP contribution in [0.1, 0.15) is 0 Å². The number of rotatable bonds is 3. The first kappa shape index (κ1) is 7.40. The van der Waals surface area contributed by atoms with E-state index < -0.39 is 0 Å². The van der Waals surface area contributed by atoms with E-state index >= 15 is 0 Å². The Morgan fingerprint density at radius 3 is 2.70 bits per heavy atom. The van der Waals surface area contributed by atoms with Gasteiger partial charge in [0.15, 0.2) is 0 Å². The Balaban J connectivity index is 2.43. The highest BCUT2D eigenvalue weighted by Gasteiger charge is 1.88. The van der Waals surface area contributed by atoms with Crippen LogP contribution in [0, 0.1) is 0 Å². The van der Waals surface area contributed by atoms with Gasteiger partial charge in [-0.1, -0.05) is 15.9 Å². The molecule has 1 aromatic rings. The Morgan fingerprint density at radius 2 is 2.10 bits per heavy atom. The van der Waals surface area contributed by atoms with E-state index in [2.05, 4.69) is 36.2 Å². The fourth-order valence-electron chi connectivity index (χ4n) is 0.490. The van der Waals surface area contributed by atoms with E-state index in [4.69, 9.17) is 0 Å². The number of alkyl halides is 1. The van der Waals surface area contributed by atoms with Gasteiger partial charge in [-0.2, -0.15) is 0 Å². The van der Waals surface area contributed by atoms with Crippen LogP contribution in [0.2, 0.25) is 0 Å². The molecule has 1 heterocycles. The molecule has 0 unspecified atom stereocenters. The second kappa shape index (κ2) is 4.16. The SMILES string of the molecule is BrCCNc1ncncn1. The summed E-state index contributed by atoms with van der Waals surface area (Å²) in [6, 6.07) is 0. The Morgan fingerprint density at radius 1 is 1.40 bits per heavy atom. The van der Waals surface area contributed by atoms with E-state index in [9.17, 15) is 0 Å². The molecule has 0 aliphatic heterocycles. The van der Waals surface area contributed by atoms with Crippen molar-refractivity contribution < 1.29 is 0 Å². The van der Waals surface area contributed by atoms with E-state index in [1.807, 2.05) is 0 Å². The summed E-state index contributed by atoms with van der Waals surface area (Å²) in [6.45, 7) is 0.823. The van der Waals surface area contributed by atoms with Crippen molar-refractivity contribution in [1.82, 2.24) is 15.0 Å². The quantitative estimate of drug-likeness (QED) is 0.733. The van der Waals surface area contributed by atoms with Crippen LogP contribution in [0.3, 0.4) is 0 Å². The van der Waals surface area contributed by atoms with Crippen molar-refractivity contribution >= 4 is 21.9 Å². The Bertz CT molecular complexity index is 178. The van der Waals surface area contributed by atoms with Gasteiger partial charge in [0.25, 0.3) is 0 Å². The first-order valence-electron chi connectivity index (χ1n) is 2.85. The summed E-state index contributed by atoms with van der Waals surface area (Å²) in [5.74, 6) is 0.620. The topological polar surface area (TPSA) is 50.7 Å². The van der Waals surface area contributed by atoms with Crippen molar-refractivity contribution in [1.29, 1.82) is 0 Å². The molecule has 0 radical (unpaired) electrons. The minimum Gasteiger partial charge on any atom is -0.353 e. The van der Waals surface area contributed by atoms with Crippen molar-refractivity contribution in [2.24, 2.45) is 0 Å². The summed E-state index contributed by atoms with van der Waals surface area (Å²) in [7, 11) is 0. The van der Waals surface area contributed by atoms with Crippen LogP contribution in [0.25, 0.3) is 0 Å². The number of nitrogens with one attached hydrogen (secondary N) is 1. The second-order valence-corrected chi connectivity index (χ2v) is 2.37. The molecule has 0 fully saturated rings. The highest BCUT2D eigenvalue weighted by atomic mass is 79.9. The molecule has 4 nitrogen and oxygen atoms in total. The fraction of sp³-hybridized carbons (Fsp3) is 0.400. The standard InChI is InChI=1S/C5H7BrN4/c6-1-2-8-5-9-3-7-4-10-5/h3-4H,1-2H2,(H,7,8,9,10). The van der Waals surface area contributed by atoms with Gasteiger partial charge >= 0.3 is 0 Å². The number of hydrogen-bond acceptors (Lipinski definition) is 4. The van der Waals surface area contributed by atoms with Crippen molar-refractivity contribution in [2.45, 2.75) is 0 Å². The first-order valence-corrected chi connectivity index (χ1v) is 3.97. The molecule has 10 heavy (non-hydrogen) atoms. The summed E-state index contributed by atoms with van der Waals surface area (Å²) in [5, 5.41) is 3.87. The van der Waals surface area contributed by atoms with Crippen LogP contribution in [-0.4, -0.2) is 26.8 Å². The van der Waals surface area contributed by atoms with Gasteiger partial charge in [0, 0.05) is 11.9 Å². The van der Waals surface area contributed by atoms with Gasteiger partial charge in [0.2, 0.25) is 5.95 Å². The van der Waals surface area contributed by atoms with E-state index in [1.165, 1.54) is 12.7 Å². The average molecular weight is 203 g/mol. The molecule has 54 valence electrons. The third-order valence-corrected chi connectivity index (χ3v) is 1.27. The highest BCUT2D eigenvalue weighted by Crippen LogP contribution is 1.90. The van der Waals surface area contributed by atoms with Crippen LogP contribution in [0.15, 0.2) is 12.7 Å². The lowest BCUT2D eigenvalue weighted by Gasteiger charge is -1.97. The maximum Gasteiger partial charge on any atom is 0.225 e. The largest absolute Gasteiger partial charge is 0.353 e. The van der Waals surface area contributed by atoms with Gasteiger partial charge in [-0.15, -0.1) is 0 Å². The molecule has 1 N–H and O–H groups in total. The van der Waals surface area contributed by atoms with Gasteiger partial charge in [0.1, 0.15) is 12.7 Å². The molecule has 0 saturated carbocycles. The predicted molar refractivity (Wildman–Crippen MR) is 42.1 cm³/mol. The number of anilines is 1. The summed E-state index contributed by atoms with van der Waals surface area (Å²) < 4.78 is 0. The third-order valence-electron chi connectivity index (χ3n) is 0.871. The zero-order valence-corrected chi connectivity index (χ0v) is 6.87. The minimum absolute atomic E-state index is 0.620. The van der Waals surface area contributed by atoms with Gasteiger partial charge in [-0.05, 0) is 0 Å². The Kier molecular flexibility index (Phi) is 3.08. The van der Waals surface area contributed by atoms with Crippen LogP contribution in [0.5, 0.6) is 0 Å². The second-order valence-electron chi connectivity index (χ2n) is 1.58. The minimum atomic E-state index is 0.620. The Labute approximate surface area is 67.2 Å². The zero-order chi connectivity index (χ0) is 7.23. The molecule has 0 aliphatic carbocycles. The first-order chi connectivity index (χ1) is 4.93. The fourth-order valence-corrected chi connectivity index (χ4v) is 0.688. The van der Waals surface area contributed by atoms with Gasteiger partial charge in [-0.3, -0.25) is 0 Å². The van der Waals surface area contributed by atoms with Crippen LogP contribution in [-0.2, 0) is 0 Å². The summed E-state index contributed by atoms with van der Waals surface area (Å²) in [6.07, 6.45) is 2.92. The molecule has 1 rings (SSSR count). The molecule has 0 aromatic carbocycles. The predicted octanol–water partition coefficient (Wildman–Crippen LogP) is 0.678. The van der Waals surface area contributed by atoms with Crippen LogP contribution in [0.4, 0.5) is 5.95 Å². The summed E-state index contributed by atoms with van der Waals surface area (Å²) in [4.78, 5) is 11.4. The van der Waals surface area contributed by atoms with Gasteiger partial charge < -0.3 is 5.32 Å². The molecule has 0 spiro atoms. The molecule has 0 saturated heterocycles. The van der Waals surface area contributed by atoms with Crippen molar-refractivity contribution in [3.63, 3.8) is 0 Å². The maximum absolute atomic E-state index is 3.86. The number of hydrogen-bond donors (Lipinski definition) is 1. The summed E-state index contributed by atoms with van der Waals surface area (Å²) >= 11 is 3.27. The molecule has 0 aliphatic rings. The zero-order valence-electron chi connectivity index (χ0n) is 5.29. The average Bonchev–Trinajstić information content (AvgIpc) is 2.03. The van der Waals surface area contributed by atoms with Gasteiger partial charge in [0.05, 0.1) is 0 Å². The normalized spacial score (nSPS) is 9.30. The lowest BCUT2D eigenvalue weighted by atomic mass is 10.7. The smallest absolute Gasteiger partial charge is 0.225 e. The molecule has 0 atom stereocenters. The molecular weight excluding hydrogens is 196 g/mol. The number of halogens is 1. The Hall–Kier alpha value is -0.710. The summed E-state index contributed by atoms with van der Waals surface area (Å²) in [5.41, 5.74) is 0. The van der Waals surface area contributed by atoms with Crippen molar-refractivity contribution in [3.8, 4) is 0 Å². The van der Waals surface area contributed by atoms with E-state index in [-0.39, 0.29) is 0 Å². The molecule has 0 amide bonds. The molecular formula is C5H7BrN4. The molecule has 5 heteroatoms. The van der Waals surface area contributed by atoms with Crippen LogP contribution < -0.4 is 5.32 Å². The highest BCUT2D eigenvalue weighted by molar-refractivity contribution is 9.09. The number of nitrogens with zero attached hydrogens (tertiary/aromatic N) is 3. The van der Waals surface area contributed by atoms with E-state index in [1.54, 1.807) is 0 Å². The maximum atomic E-state index is 3.86. The third kappa shape index (κ3) is 2.26. The van der Waals surface area contributed by atoms with E-state index in [0.29, 0.717) is 5.95 Å². The monoisotopic (exact) mass is 202 g/mol. The lowest BCUT2D eigenvalue weighted by molar-refractivity contribution is 1.02. The van der Waals surface area contributed by atoms with Crippen molar-refractivity contribution in [3.05, 3.63) is 12.7 Å². The lowest BCUT2D eigenvalue weighted by Crippen LogP contribution is -2.05. The molecule has 0 bridgehead atoms. The van der Waals surface area contributed by atoms with Gasteiger partial charge in [-0.25, -0.2) is 15.0 Å².